The van der Waals surface area contributed by atoms with E-state index in [9.17, 15) is 14.9 Å². The van der Waals surface area contributed by atoms with Gasteiger partial charge in [-0.1, -0.05) is 54.6 Å². The summed E-state index contributed by atoms with van der Waals surface area (Å²) >= 11 is 0. The molecule has 0 atom stereocenters. The predicted molar refractivity (Wildman–Crippen MR) is 128 cm³/mol. The number of benzene rings is 4. The van der Waals surface area contributed by atoms with Gasteiger partial charge in [-0.15, -0.1) is 0 Å². The van der Waals surface area contributed by atoms with Crippen molar-refractivity contribution < 1.29 is 14.5 Å². The van der Waals surface area contributed by atoms with Gasteiger partial charge in [-0.25, -0.2) is 14.8 Å². The molecular formula is C27H17N3O4. The Balaban J connectivity index is 1.50. The van der Waals surface area contributed by atoms with Crippen LogP contribution in [-0.2, 0) is 0 Å². The lowest BCUT2D eigenvalue weighted by molar-refractivity contribution is -0.385. The van der Waals surface area contributed by atoms with E-state index in [0.717, 1.165) is 27.9 Å². The maximum Gasteiger partial charge on any atom is 0.350 e. The zero-order valence-corrected chi connectivity index (χ0v) is 17.8. The van der Waals surface area contributed by atoms with E-state index in [-0.39, 0.29) is 17.0 Å². The van der Waals surface area contributed by atoms with Crippen LogP contribution < -0.4 is 4.74 Å². The Labute approximate surface area is 194 Å². The van der Waals surface area contributed by atoms with Crippen molar-refractivity contribution in [2.45, 2.75) is 0 Å². The Hall–Kier alpha value is -4.91. The summed E-state index contributed by atoms with van der Waals surface area (Å²) in [4.78, 5) is 32.8. The Morgan fingerprint density at radius 2 is 1.21 bits per heavy atom. The van der Waals surface area contributed by atoms with Crippen LogP contribution in [-0.4, -0.2) is 20.9 Å². The molecule has 1 aromatic heterocycles. The second-order valence-corrected chi connectivity index (χ2v) is 7.46. The first-order chi connectivity index (χ1) is 16.6. The number of esters is 1. The molecule has 0 N–H and O–H groups in total. The summed E-state index contributed by atoms with van der Waals surface area (Å²) in [7, 11) is 0. The Kier molecular flexibility index (Phi) is 5.50. The van der Waals surface area contributed by atoms with Crippen LogP contribution in [0.5, 0.6) is 5.75 Å². The van der Waals surface area contributed by atoms with Gasteiger partial charge in [-0.05, 0) is 42.5 Å². The second-order valence-electron chi connectivity index (χ2n) is 7.46. The van der Waals surface area contributed by atoms with Gasteiger partial charge in [0.2, 0.25) is 0 Å². The van der Waals surface area contributed by atoms with E-state index in [2.05, 4.69) is 0 Å². The molecule has 0 aliphatic heterocycles. The summed E-state index contributed by atoms with van der Waals surface area (Å²) in [5, 5.41) is 11.2. The average Bonchev–Trinajstić information content (AvgIpc) is 2.89. The second kappa shape index (κ2) is 8.91. The number of hydrogen-bond acceptors (Lipinski definition) is 6. The van der Waals surface area contributed by atoms with E-state index in [1.54, 1.807) is 30.3 Å². The lowest BCUT2D eigenvalue weighted by Gasteiger charge is -2.11. The first-order valence-corrected chi connectivity index (χ1v) is 10.5. The number of aromatic nitrogens is 2. The third kappa shape index (κ3) is 4.10. The lowest BCUT2D eigenvalue weighted by atomic mass is 10.0. The minimum Gasteiger partial charge on any atom is -0.423 e. The monoisotopic (exact) mass is 447 g/mol. The van der Waals surface area contributed by atoms with Crippen molar-refractivity contribution >= 4 is 22.7 Å². The summed E-state index contributed by atoms with van der Waals surface area (Å²) in [6.45, 7) is 0. The molecule has 5 aromatic rings. The highest BCUT2D eigenvalue weighted by atomic mass is 16.6. The summed E-state index contributed by atoms with van der Waals surface area (Å²) < 4.78 is 5.39. The van der Waals surface area contributed by atoms with Crippen molar-refractivity contribution in [3.8, 4) is 28.3 Å². The topological polar surface area (TPSA) is 95.2 Å². The van der Waals surface area contributed by atoms with Crippen molar-refractivity contribution in [1.29, 1.82) is 0 Å². The molecule has 164 valence electrons. The van der Waals surface area contributed by atoms with Crippen LogP contribution in [0.3, 0.4) is 0 Å². The van der Waals surface area contributed by atoms with Crippen molar-refractivity contribution in [2.75, 3.05) is 0 Å². The number of hydrogen-bond donors (Lipinski definition) is 0. The summed E-state index contributed by atoms with van der Waals surface area (Å²) in [6.07, 6.45) is 0. The molecule has 0 aliphatic carbocycles. The SMILES string of the molecule is O=C(Oc1ccc(-c2nc3ccccc3nc2-c2ccccc2)cc1)c1ccccc1[N+](=O)[O-]. The lowest BCUT2D eigenvalue weighted by Crippen LogP contribution is -2.11. The van der Waals surface area contributed by atoms with E-state index < -0.39 is 10.9 Å². The van der Waals surface area contributed by atoms with Gasteiger partial charge < -0.3 is 4.74 Å². The minimum absolute atomic E-state index is 0.108. The standard InChI is InChI=1S/C27H17N3O4/c31-27(21-10-4-7-13-24(21)30(32)33)34-20-16-14-19(15-17-20)26-25(18-8-2-1-3-9-18)28-22-11-5-6-12-23(22)29-26/h1-17H. The average molecular weight is 447 g/mol. The molecular weight excluding hydrogens is 430 g/mol. The van der Waals surface area contributed by atoms with E-state index in [4.69, 9.17) is 14.7 Å². The van der Waals surface area contributed by atoms with Crippen molar-refractivity contribution in [3.05, 3.63) is 119 Å². The van der Waals surface area contributed by atoms with Gasteiger partial charge in [0.1, 0.15) is 11.3 Å². The predicted octanol–water partition coefficient (Wildman–Crippen LogP) is 6.09. The van der Waals surface area contributed by atoms with Crippen LogP contribution >= 0.6 is 0 Å². The van der Waals surface area contributed by atoms with E-state index in [1.165, 1.54) is 18.2 Å². The molecule has 1 heterocycles. The first kappa shape index (κ1) is 21.0. The zero-order chi connectivity index (χ0) is 23.5. The first-order valence-electron chi connectivity index (χ1n) is 10.5. The molecule has 7 heteroatoms. The molecule has 7 nitrogen and oxygen atoms in total. The van der Waals surface area contributed by atoms with Gasteiger partial charge in [0.25, 0.3) is 5.69 Å². The number of carbonyl (C=O) groups excluding carboxylic acids is 1. The van der Waals surface area contributed by atoms with Crippen LogP contribution in [0.25, 0.3) is 33.5 Å². The number of nitrogens with zero attached hydrogens (tertiary/aromatic N) is 3. The largest absolute Gasteiger partial charge is 0.423 e. The molecule has 0 radical (unpaired) electrons. The summed E-state index contributed by atoms with van der Waals surface area (Å²) in [6, 6.07) is 30.0. The molecule has 0 spiro atoms. The fourth-order valence-corrected chi connectivity index (χ4v) is 3.65. The number of carbonyl (C=O) groups is 1. The van der Waals surface area contributed by atoms with E-state index in [0.29, 0.717) is 5.69 Å². The number of nitro groups is 1. The number of para-hydroxylation sites is 3. The van der Waals surface area contributed by atoms with Gasteiger partial charge in [-0.3, -0.25) is 10.1 Å². The zero-order valence-electron chi connectivity index (χ0n) is 17.8. The molecule has 0 saturated carbocycles. The third-order valence-corrected chi connectivity index (χ3v) is 5.28. The highest BCUT2D eigenvalue weighted by molar-refractivity contribution is 5.95. The van der Waals surface area contributed by atoms with E-state index in [1.807, 2.05) is 54.6 Å². The van der Waals surface area contributed by atoms with Crippen LogP contribution in [0.1, 0.15) is 10.4 Å². The molecule has 0 saturated heterocycles. The molecule has 0 unspecified atom stereocenters. The number of ether oxygens (including phenoxy) is 1. The fraction of sp³-hybridized carbons (Fsp3) is 0. The molecule has 0 bridgehead atoms. The van der Waals surface area contributed by atoms with Crippen LogP contribution in [0, 0.1) is 10.1 Å². The number of fused-ring (bicyclic) bond motifs is 1. The quantitative estimate of drug-likeness (QED) is 0.140. The highest BCUT2D eigenvalue weighted by Crippen LogP contribution is 2.32. The van der Waals surface area contributed by atoms with Gasteiger partial charge in [0.15, 0.2) is 0 Å². The van der Waals surface area contributed by atoms with Gasteiger partial charge in [-0.2, -0.15) is 0 Å². The molecule has 4 aromatic carbocycles. The fourth-order valence-electron chi connectivity index (χ4n) is 3.65. The third-order valence-electron chi connectivity index (χ3n) is 5.28. The molecule has 0 aliphatic rings. The van der Waals surface area contributed by atoms with Gasteiger partial charge in [0, 0.05) is 17.2 Å². The van der Waals surface area contributed by atoms with Crippen LogP contribution in [0.2, 0.25) is 0 Å². The Morgan fingerprint density at radius 3 is 1.82 bits per heavy atom. The molecule has 34 heavy (non-hydrogen) atoms. The van der Waals surface area contributed by atoms with Crippen molar-refractivity contribution in [1.82, 2.24) is 9.97 Å². The number of rotatable bonds is 5. The van der Waals surface area contributed by atoms with Crippen LogP contribution in [0.15, 0.2) is 103 Å². The minimum atomic E-state index is -0.796. The summed E-state index contributed by atoms with van der Waals surface area (Å²) in [5.41, 5.74) is 4.31. The van der Waals surface area contributed by atoms with E-state index >= 15 is 0 Å². The van der Waals surface area contributed by atoms with Crippen molar-refractivity contribution in [3.63, 3.8) is 0 Å². The van der Waals surface area contributed by atoms with Gasteiger partial charge in [0.05, 0.1) is 27.3 Å². The van der Waals surface area contributed by atoms with Gasteiger partial charge >= 0.3 is 5.97 Å². The Morgan fingerprint density at radius 1 is 0.676 bits per heavy atom. The van der Waals surface area contributed by atoms with Crippen LogP contribution in [0.4, 0.5) is 5.69 Å². The Bertz CT molecular complexity index is 1520. The maximum atomic E-state index is 12.5. The highest BCUT2D eigenvalue weighted by Gasteiger charge is 2.21. The molecule has 0 amide bonds. The van der Waals surface area contributed by atoms with Crippen molar-refractivity contribution in [2.24, 2.45) is 0 Å². The molecule has 0 fully saturated rings. The molecule has 5 rings (SSSR count). The number of nitro benzene ring substituents is 1. The summed E-state index contributed by atoms with van der Waals surface area (Å²) in [5.74, 6) is -0.530. The maximum absolute atomic E-state index is 12.5. The smallest absolute Gasteiger partial charge is 0.350 e. The normalized spacial score (nSPS) is 10.7.